The predicted octanol–water partition coefficient (Wildman–Crippen LogP) is 4.76. The molecule has 0 spiro atoms. The maximum atomic E-state index is 12.4. The fraction of sp³-hybridized carbons (Fsp3) is 0.150. The molecule has 0 aliphatic carbocycles. The zero-order valence-corrected chi connectivity index (χ0v) is 16.4. The summed E-state index contributed by atoms with van der Waals surface area (Å²) in [6.45, 7) is 3.82. The lowest BCUT2D eigenvalue weighted by atomic mass is 10.2. The number of benzene rings is 1. The van der Waals surface area contributed by atoms with Gasteiger partial charge >= 0.3 is 5.97 Å². The third-order valence-corrected chi connectivity index (χ3v) is 5.60. The van der Waals surface area contributed by atoms with Gasteiger partial charge in [-0.2, -0.15) is 0 Å². The molecule has 0 radical (unpaired) electrons. The number of nitrogens with zero attached hydrogens (tertiary/aromatic N) is 1. The van der Waals surface area contributed by atoms with Gasteiger partial charge in [-0.1, -0.05) is 30.0 Å². The van der Waals surface area contributed by atoms with Gasteiger partial charge in [0.15, 0.2) is 0 Å². The Labute approximate surface area is 165 Å². The van der Waals surface area contributed by atoms with E-state index in [9.17, 15) is 14.7 Å². The van der Waals surface area contributed by atoms with Crippen molar-refractivity contribution in [1.29, 1.82) is 0 Å². The van der Waals surface area contributed by atoms with Crippen molar-refractivity contribution in [2.24, 2.45) is 4.99 Å². The van der Waals surface area contributed by atoms with Crippen molar-refractivity contribution in [2.45, 2.75) is 13.8 Å². The number of ether oxygens (including phenoxy) is 1. The molecule has 1 N–H and O–H groups in total. The number of carbonyl (C=O) groups is 2. The summed E-state index contributed by atoms with van der Waals surface area (Å²) in [7, 11) is 0. The highest BCUT2D eigenvalue weighted by atomic mass is 32.2. The summed E-state index contributed by atoms with van der Waals surface area (Å²) in [5, 5.41) is 10.7. The van der Waals surface area contributed by atoms with E-state index in [-0.39, 0.29) is 23.0 Å². The molecule has 0 bridgehead atoms. The standard InChI is InChI=1S/C20H17NO4S2/c1-3-25-20(24)16-17(22)15(11-14-10-9-12(2)26-14)27-19(16)21-18(23)13-7-5-4-6-8-13/h4-11,22H,3H2,1-2H3/b15-11-,21-19?. The number of aliphatic imine (C=N–C) groups is 1. The molecule has 0 unspecified atom stereocenters. The first-order valence-corrected chi connectivity index (χ1v) is 9.88. The lowest BCUT2D eigenvalue weighted by molar-refractivity contribution is -0.138. The van der Waals surface area contributed by atoms with Crippen molar-refractivity contribution in [3.8, 4) is 0 Å². The quantitative estimate of drug-likeness (QED) is 0.750. The molecule has 1 aliphatic heterocycles. The highest BCUT2D eigenvalue weighted by molar-refractivity contribution is 8.18. The molecule has 7 heteroatoms. The van der Waals surface area contributed by atoms with E-state index in [0.29, 0.717) is 10.5 Å². The Morgan fingerprint density at radius 3 is 2.56 bits per heavy atom. The number of thioether (sulfide) groups is 1. The highest BCUT2D eigenvalue weighted by Crippen LogP contribution is 2.40. The van der Waals surface area contributed by atoms with Gasteiger partial charge in [-0.15, -0.1) is 11.3 Å². The van der Waals surface area contributed by atoms with Crippen molar-refractivity contribution < 1.29 is 19.4 Å². The first-order chi connectivity index (χ1) is 13.0. The average Bonchev–Trinajstić information content (AvgIpc) is 3.19. The van der Waals surface area contributed by atoms with Crippen molar-refractivity contribution >= 4 is 46.1 Å². The van der Waals surface area contributed by atoms with E-state index >= 15 is 0 Å². The summed E-state index contributed by atoms with van der Waals surface area (Å²) in [4.78, 5) is 31.3. The molecule has 0 saturated heterocycles. The summed E-state index contributed by atoms with van der Waals surface area (Å²) in [6, 6.07) is 12.5. The second-order valence-electron chi connectivity index (χ2n) is 5.59. The lowest BCUT2D eigenvalue weighted by Crippen LogP contribution is -2.14. The van der Waals surface area contributed by atoms with Gasteiger partial charge in [0.25, 0.3) is 5.91 Å². The predicted molar refractivity (Wildman–Crippen MR) is 109 cm³/mol. The highest BCUT2D eigenvalue weighted by Gasteiger charge is 2.34. The van der Waals surface area contributed by atoms with E-state index in [2.05, 4.69) is 4.99 Å². The number of rotatable bonds is 4. The number of hydrogen-bond acceptors (Lipinski definition) is 6. The molecule has 0 atom stereocenters. The molecular formula is C20H17NO4S2. The molecule has 27 heavy (non-hydrogen) atoms. The van der Waals surface area contributed by atoms with Crippen LogP contribution < -0.4 is 0 Å². The van der Waals surface area contributed by atoms with Crippen LogP contribution in [0.3, 0.4) is 0 Å². The molecular weight excluding hydrogens is 382 g/mol. The van der Waals surface area contributed by atoms with E-state index in [1.165, 1.54) is 0 Å². The largest absolute Gasteiger partial charge is 0.506 e. The van der Waals surface area contributed by atoms with E-state index < -0.39 is 11.9 Å². The number of aliphatic hydroxyl groups is 1. The summed E-state index contributed by atoms with van der Waals surface area (Å²) in [5.41, 5.74) is 0.324. The minimum absolute atomic E-state index is 0.0781. The number of aryl methyl sites for hydroxylation is 1. The molecule has 1 aliphatic rings. The minimum atomic E-state index is -0.701. The second-order valence-corrected chi connectivity index (χ2v) is 7.94. The van der Waals surface area contributed by atoms with Gasteiger partial charge in [-0.25, -0.2) is 9.79 Å². The molecule has 1 aromatic carbocycles. The molecule has 138 valence electrons. The van der Waals surface area contributed by atoms with Gasteiger partial charge < -0.3 is 9.84 Å². The molecule has 5 nitrogen and oxygen atoms in total. The fourth-order valence-corrected chi connectivity index (χ4v) is 4.29. The van der Waals surface area contributed by atoms with Crippen LogP contribution in [0, 0.1) is 6.92 Å². The molecule has 0 saturated carbocycles. The topological polar surface area (TPSA) is 76.0 Å². The number of hydrogen-bond donors (Lipinski definition) is 1. The summed E-state index contributed by atoms with van der Waals surface area (Å²) >= 11 is 2.64. The smallest absolute Gasteiger partial charge is 0.344 e. The minimum Gasteiger partial charge on any atom is -0.506 e. The maximum absolute atomic E-state index is 12.4. The maximum Gasteiger partial charge on any atom is 0.344 e. The van der Waals surface area contributed by atoms with Crippen LogP contribution in [0.15, 0.2) is 63.7 Å². The molecule has 3 rings (SSSR count). The second kappa shape index (κ2) is 8.37. The third-order valence-electron chi connectivity index (χ3n) is 3.63. The Balaban J connectivity index is 2.00. The summed E-state index contributed by atoms with van der Waals surface area (Å²) in [5.74, 6) is -1.40. The van der Waals surface area contributed by atoms with Gasteiger partial charge in [0.2, 0.25) is 0 Å². The summed E-state index contributed by atoms with van der Waals surface area (Å²) in [6.07, 6.45) is 1.77. The molecule has 2 heterocycles. The SMILES string of the molecule is CCOC(=O)C1=C(O)/C(=C/c2ccc(C)s2)SC1=NC(=O)c1ccccc1. The van der Waals surface area contributed by atoms with Crippen LogP contribution in [0.4, 0.5) is 0 Å². The van der Waals surface area contributed by atoms with Crippen molar-refractivity contribution in [1.82, 2.24) is 0 Å². The Hall–Kier alpha value is -2.64. The Morgan fingerprint density at radius 1 is 1.19 bits per heavy atom. The normalized spacial score (nSPS) is 17.0. The zero-order chi connectivity index (χ0) is 19.4. The first kappa shape index (κ1) is 19.1. The van der Waals surface area contributed by atoms with Gasteiger partial charge in [0.1, 0.15) is 16.4 Å². The summed E-state index contributed by atoms with van der Waals surface area (Å²) < 4.78 is 5.03. The number of amides is 1. The van der Waals surface area contributed by atoms with Gasteiger partial charge in [0, 0.05) is 15.3 Å². The van der Waals surface area contributed by atoms with E-state index in [1.54, 1.807) is 54.7 Å². The van der Waals surface area contributed by atoms with Crippen LogP contribution >= 0.6 is 23.1 Å². The number of thiophene rings is 1. The van der Waals surface area contributed by atoms with E-state index in [0.717, 1.165) is 21.5 Å². The molecule has 0 fully saturated rings. The van der Waals surface area contributed by atoms with Gasteiger partial charge in [-0.05, 0) is 44.2 Å². The molecule has 1 aromatic heterocycles. The zero-order valence-electron chi connectivity index (χ0n) is 14.8. The van der Waals surface area contributed by atoms with E-state index in [1.807, 2.05) is 19.1 Å². The van der Waals surface area contributed by atoms with Crippen LogP contribution in [-0.4, -0.2) is 28.6 Å². The lowest BCUT2D eigenvalue weighted by Gasteiger charge is -2.03. The van der Waals surface area contributed by atoms with Crippen molar-refractivity contribution in [3.63, 3.8) is 0 Å². The Kier molecular flexibility index (Phi) is 5.93. The monoisotopic (exact) mass is 399 g/mol. The van der Waals surface area contributed by atoms with Gasteiger partial charge in [-0.3, -0.25) is 4.79 Å². The Bertz CT molecular complexity index is 971. The first-order valence-electron chi connectivity index (χ1n) is 8.24. The third kappa shape index (κ3) is 4.37. The average molecular weight is 399 g/mol. The number of aliphatic hydroxyl groups excluding tert-OH is 1. The Morgan fingerprint density at radius 2 is 1.93 bits per heavy atom. The van der Waals surface area contributed by atoms with Crippen molar-refractivity contribution in [2.75, 3.05) is 6.61 Å². The van der Waals surface area contributed by atoms with Crippen LogP contribution in [0.2, 0.25) is 0 Å². The molecule has 2 aromatic rings. The fourth-order valence-electron chi connectivity index (χ4n) is 2.39. The van der Waals surface area contributed by atoms with Gasteiger partial charge in [0.05, 0.1) is 11.5 Å². The van der Waals surface area contributed by atoms with Crippen LogP contribution in [-0.2, 0) is 9.53 Å². The van der Waals surface area contributed by atoms with E-state index in [4.69, 9.17) is 4.74 Å². The van der Waals surface area contributed by atoms with Crippen LogP contribution in [0.5, 0.6) is 0 Å². The molecule has 1 amide bonds. The van der Waals surface area contributed by atoms with Crippen LogP contribution in [0.25, 0.3) is 6.08 Å². The van der Waals surface area contributed by atoms with Crippen molar-refractivity contribution in [3.05, 3.63) is 74.0 Å². The number of carbonyl (C=O) groups excluding carboxylic acids is 2. The van der Waals surface area contributed by atoms with Crippen LogP contribution in [0.1, 0.15) is 27.0 Å². The number of esters is 1.